The quantitative estimate of drug-likeness (QED) is 0.692. The first kappa shape index (κ1) is 17.0. The molecule has 1 atom stereocenters. The Balaban J connectivity index is 2.55. The van der Waals surface area contributed by atoms with E-state index in [-0.39, 0.29) is 0 Å². The smallest absolute Gasteiger partial charge is 0.243 e. The van der Waals surface area contributed by atoms with Gasteiger partial charge in [0.1, 0.15) is 0 Å². The summed E-state index contributed by atoms with van der Waals surface area (Å²) in [7, 11) is 0. The van der Waals surface area contributed by atoms with E-state index >= 15 is 0 Å². The maximum Gasteiger partial charge on any atom is 0.243 e. The SMILES string of the molecule is CCCC(N)C(=O)NCC(=O)Nc1ccc(F)c(F)c1F. The summed E-state index contributed by atoms with van der Waals surface area (Å²) in [6.45, 7) is 1.40. The maximum atomic E-state index is 13.3. The highest BCUT2D eigenvalue weighted by molar-refractivity contribution is 5.95. The third-order valence-corrected chi connectivity index (χ3v) is 2.67. The Morgan fingerprint density at radius 1 is 1.24 bits per heavy atom. The lowest BCUT2D eigenvalue weighted by Crippen LogP contribution is -2.43. The van der Waals surface area contributed by atoms with Gasteiger partial charge in [0.2, 0.25) is 11.8 Å². The van der Waals surface area contributed by atoms with Gasteiger partial charge in [-0.25, -0.2) is 13.2 Å². The lowest BCUT2D eigenvalue weighted by molar-refractivity contribution is -0.125. The van der Waals surface area contributed by atoms with Crippen molar-refractivity contribution in [1.29, 1.82) is 0 Å². The van der Waals surface area contributed by atoms with Crippen molar-refractivity contribution in [2.75, 3.05) is 11.9 Å². The number of nitrogens with two attached hydrogens (primary N) is 1. The molecule has 0 saturated carbocycles. The fourth-order valence-corrected chi connectivity index (χ4v) is 1.56. The number of hydrogen-bond donors (Lipinski definition) is 3. The molecule has 4 N–H and O–H groups in total. The predicted octanol–water partition coefficient (Wildman–Crippen LogP) is 1.29. The first-order valence-corrected chi connectivity index (χ1v) is 6.33. The van der Waals surface area contributed by atoms with Crippen molar-refractivity contribution in [1.82, 2.24) is 5.32 Å². The van der Waals surface area contributed by atoms with E-state index in [9.17, 15) is 22.8 Å². The zero-order valence-electron chi connectivity index (χ0n) is 11.4. The molecule has 21 heavy (non-hydrogen) atoms. The number of benzene rings is 1. The second kappa shape index (κ2) is 7.63. The van der Waals surface area contributed by atoms with Crippen molar-refractivity contribution in [3.63, 3.8) is 0 Å². The van der Waals surface area contributed by atoms with Gasteiger partial charge in [0.15, 0.2) is 17.5 Å². The average Bonchev–Trinajstić information content (AvgIpc) is 2.45. The first-order valence-electron chi connectivity index (χ1n) is 6.33. The third kappa shape index (κ3) is 4.75. The monoisotopic (exact) mass is 303 g/mol. The molecule has 0 saturated heterocycles. The summed E-state index contributed by atoms with van der Waals surface area (Å²) in [5.41, 5.74) is 5.02. The Morgan fingerprint density at radius 2 is 1.90 bits per heavy atom. The number of hydrogen-bond acceptors (Lipinski definition) is 3. The molecule has 8 heteroatoms. The Morgan fingerprint density at radius 3 is 2.52 bits per heavy atom. The van der Waals surface area contributed by atoms with Gasteiger partial charge in [0, 0.05) is 0 Å². The molecule has 116 valence electrons. The second-order valence-electron chi connectivity index (χ2n) is 4.38. The molecule has 2 amide bonds. The van der Waals surface area contributed by atoms with Gasteiger partial charge >= 0.3 is 0 Å². The molecule has 0 aliphatic carbocycles. The highest BCUT2D eigenvalue weighted by Gasteiger charge is 2.16. The lowest BCUT2D eigenvalue weighted by atomic mass is 10.2. The van der Waals surface area contributed by atoms with Crippen LogP contribution in [0.4, 0.5) is 18.9 Å². The summed E-state index contributed by atoms with van der Waals surface area (Å²) in [5.74, 6) is -5.83. The Bertz CT molecular complexity index is 538. The van der Waals surface area contributed by atoms with Crippen LogP contribution in [0.2, 0.25) is 0 Å². The van der Waals surface area contributed by atoms with E-state index in [4.69, 9.17) is 5.73 Å². The minimum absolute atomic E-state index is 0.450. The number of carbonyl (C=O) groups is 2. The molecule has 0 spiro atoms. The molecule has 0 aliphatic heterocycles. The molecule has 0 radical (unpaired) electrons. The lowest BCUT2D eigenvalue weighted by Gasteiger charge is -2.11. The van der Waals surface area contributed by atoms with Crippen molar-refractivity contribution < 1.29 is 22.8 Å². The van der Waals surface area contributed by atoms with Gasteiger partial charge in [-0.1, -0.05) is 13.3 Å². The Kier molecular flexibility index (Phi) is 6.16. The van der Waals surface area contributed by atoms with Crippen molar-refractivity contribution >= 4 is 17.5 Å². The fraction of sp³-hybridized carbons (Fsp3) is 0.385. The molecule has 0 bridgehead atoms. The van der Waals surface area contributed by atoms with E-state index in [1.165, 1.54) is 0 Å². The largest absolute Gasteiger partial charge is 0.346 e. The van der Waals surface area contributed by atoms with Gasteiger partial charge in [-0.2, -0.15) is 0 Å². The molecule has 1 aromatic carbocycles. The number of halogens is 3. The molecule has 1 aromatic rings. The summed E-state index contributed by atoms with van der Waals surface area (Å²) in [5, 5.41) is 4.29. The zero-order chi connectivity index (χ0) is 16.0. The van der Waals surface area contributed by atoms with E-state index < -0.39 is 47.5 Å². The molecule has 0 heterocycles. The first-order chi connectivity index (χ1) is 9.86. The van der Waals surface area contributed by atoms with Crippen LogP contribution in [-0.2, 0) is 9.59 Å². The van der Waals surface area contributed by atoms with Crippen molar-refractivity contribution in [2.24, 2.45) is 5.73 Å². The number of nitrogens with one attached hydrogen (secondary N) is 2. The third-order valence-electron chi connectivity index (χ3n) is 2.67. The van der Waals surface area contributed by atoms with Crippen molar-refractivity contribution in [2.45, 2.75) is 25.8 Å². The van der Waals surface area contributed by atoms with Crippen LogP contribution in [0, 0.1) is 17.5 Å². The van der Waals surface area contributed by atoms with Gasteiger partial charge in [0.05, 0.1) is 18.3 Å². The summed E-state index contributed by atoms with van der Waals surface area (Å²) >= 11 is 0. The van der Waals surface area contributed by atoms with Gasteiger partial charge in [-0.15, -0.1) is 0 Å². The number of amides is 2. The normalized spacial score (nSPS) is 11.9. The molecule has 1 unspecified atom stereocenters. The molecule has 0 fully saturated rings. The molecular weight excluding hydrogens is 287 g/mol. The summed E-state index contributed by atoms with van der Waals surface area (Å²) < 4.78 is 39.0. The van der Waals surface area contributed by atoms with E-state index in [0.717, 1.165) is 6.07 Å². The van der Waals surface area contributed by atoms with Crippen LogP contribution in [0.1, 0.15) is 19.8 Å². The predicted molar refractivity (Wildman–Crippen MR) is 70.8 cm³/mol. The minimum Gasteiger partial charge on any atom is -0.346 e. The topological polar surface area (TPSA) is 84.2 Å². The van der Waals surface area contributed by atoms with Gasteiger partial charge < -0.3 is 16.4 Å². The van der Waals surface area contributed by atoms with E-state index in [1.807, 2.05) is 12.2 Å². The van der Waals surface area contributed by atoms with Gasteiger partial charge in [-0.05, 0) is 18.6 Å². The van der Waals surface area contributed by atoms with E-state index in [1.54, 1.807) is 0 Å². The number of carbonyl (C=O) groups excluding carboxylic acids is 2. The molecule has 0 aromatic heterocycles. The van der Waals surface area contributed by atoms with Crippen LogP contribution >= 0.6 is 0 Å². The fourth-order valence-electron chi connectivity index (χ4n) is 1.56. The summed E-state index contributed by atoms with van der Waals surface area (Å²) in [4.78, 5) is 23.0. The van der Waals surface area contributed by atoms with Crippen LogP contribution in [0.3, 0.4) is 0 Å². The number of rotatable bonds is 6. The van der Waals surface area contributed by atoms with Crippen LogP contribution in [0.5, 0.6) is 0 Å². The molecule has 0 aliphatic rings. The van der Waals surface area contributed by atoms with Gasteiger partial charge in [0.25, 0.3) is 0 Å². The second-order valence-corrected chi connectivity index (χ2v) is 4.38. The Labute approximate surface area is 119 Å². The zero-order valence-corrected chi connectivity index (χ0v) is 11.4. The average molecular weight is 303 g/mol. The Hall–Kier alpha value is -2.09. The van der Waals surface area contributed by atoms with E-state index in [2.05, 4.69) is 5.32 Å². The molecule has 5 nitrogen and oxygen atoms in total. The van der Waals surface area contributed by atoms with Crippen LogP contribution in [0.15, 0.2) is 12.1 Å². The highest BCUT2D eigenvalue weighted by atomic mass is 19.2. The number of anilines is 1. The van der Waals surface area contributed by atoms with Crippen LogP contribution < -0.4 is 16.4 Å². The van der Waals surface area contributed by atoms with Crippen molar-refractivity contribution in [3.05, 3.63) is 29.6 Å². The minimum atomic E-state index is -1.68. The summed E-state index contributed by atoms with van der Waals surface area (Å²) in [6.07, 6.45) is 1.17. The maximum absolute atomic E-state index is 13.3. The van der Waals surface area contributed by atoms with Crippen molar-refractivity contribution in [3.8, 4) is 0 Å². The van der Waals surface area contributed by atoms with E-state index in [0.29, 0.717) is 18.9 Å². The van der Waals surface area contributed by atoms with Crippen LogP contribution in [0.25, 0.3) is 0 Å². The highest BCUT2D eigenvalue weighted by Crippen LogP contribution is 2.19. The van der Waals surface area contributed by atoms with Crippen LogP contribution in [-0.4, -0.2) is 24.4 Å². The standard InChI is InChI=1S/C13H16F3N3O2/c1-2-3-8(17)13(21)18-6-10(20)19-9-5-4-7(14)11(15)12(9)16/h4-5,8H,2-3,6,17H2,1H3,(H,18,21)(H,19,20). The summed E-state index contributed by atoms with van der Waals surface area (Å²) in [6, 6.07) is 0.836. The molecule has 1 rings (SSSR count). The molecular formula is C13H16F3N3O2. The van der Waals surface area contributed by atoms with Gasteiger partial charge in [-0.3, -0.25) is 9.59 Å².